The van der Waals surface area contributed by atoms with Gasteiger partial charge in [0.1, 0.15) is 17.5 Å². The minimum Gasteiger partial charge on any atom is -0.365 e. The van der Waals surface area contributed by atoms with Crippen LogP contribution in [0.4, 0.5) is 4.39 Å². The molecular weight excluding hydrogens is 319 g/mol. The second kappa shape index (κ2) is 6.12. The van der Waals surface area contributed by atoms with Crippen LogP contribution in [0.3, 0.4) is 0 Å². The average molecular weight is 338 g/mol. The van der Waals surface area contributed by atoms with Gasteiger partial charge in [0.15, 0.2) is 0 Å². The molecule has 2 aliphatic rings. The molecule has 0 aliphatic carbocycles. The fourth-order valence-corrected chi connectivity index (χ4v) is 3.48. The minimum absolute atomic E-state index is 0.0356. The Morgan fingerprint density at radius 2 is 2.12 bits per heavy atom. The number of carbonyl (C=O) groups excluding carboxylic acids is 2. The van der Waals surface area contributed by atoms with Crippen molar-refractivity contribution in [3.05, 3.63) is 35.6 Å². The lowest BCUT2D eigenvalue weighted by Gasteiger charge is -2.35. The minimum atomic E-state index is -1.17. The smallest absolute Gasteiger partial charge is 0.275 e. The number of hydrogen-bond acceptors (Lipinski definition) is 5. The Balaban J connectivity index is 2.07. The predicted molar refractivity (Wildman–Crippen MR) is 79.6 cm³/mol. The Kier molecular flexibility index (Phi) is 4.29. The van der Waals surface area contributed by atoms with Gasteiger partial charge in [-0.1, -0.05) is 18.2 Å². The molecule has 3 rings (SSSR count). The Labute approximate surface area is 138 Å². The molecule has 0 N–H and O–H groups in total. The molecule has 3 unspecified atom stereocenters. The second-order valence-corrected chi connectivity index (χ2v) is 5.87. The average Bonchev–Trinajstić information content (AvgIpc) is 3.11. The summed E-state index contributed by atoms with van der Waals surface area (Å²) < 4.78 is 20.2. The highest BCUT2D eigenvalue weighted by Crippen LogP contribution is 2.49. The van der Waals surface area contributed by atoms with Crippen LogP contribution in [0.1, 0.15) is 12.5 Å². The van der Waals surface area contributed by atoms with Crippen LogP contribution in [0.5, 0.6) is 0 Å². The fraction of sp³-hybridized carbons (Fsp3) is 0.500. The van der Waals surface area contributed by atoms with E-state index in [9.17, 15) is 14.0 Å². The SMILES string of the molecule is CON(C)C(=O)C1OCC2(c3ccccc3F)C1CON2C(C)=O. The van der Waals surface area contributed by atoms with E-state index < -0.39 is 29.3 Å². The number of amides is 2. The molecule has 8 heteroatoms. The van der Waals surface area contributed by atoms with Gasteiger partial charge in [-0.25, -0.2) is 14.5 Å². The van der Waals surface area contributed by atoms with Gasteiger partial charge in [0.2, 0.25) is 5.91 Å². The molecule has 0 radical (unpaired) electrons. The molecule has 0 aromatic heterocycles. The summed E-state index contributed by atoms with van der Waals surface area (Å²) in [6.07, 6.45) is -0.890. The summed E-state index contributed by atoms with van der Waals surface area (Å²) in [7, 11) is 2.83. The largest absolute Gasteiger partial charge is 0.365 e. The quantitative estimate of drug-likeness (QED) is 0.765. The third-order valence-corrected chi connectivity index (χ3v) is 4.66. The van der Waals surface area contributed by atoms with Crippen LogP contribution in [0.15, 0.2) is 24.3 Å². The van der Waals surface area contributed by atoms with Crippen molar-refractivity contribution in [1.82, 2.24) is 10.1 Å². The third kappa shape index (κ3) is 2.29. The first-order valence-corrected chi connectivity index (χ1v) is 7.55. The Morgan fingerprint density at radius 1 is 1.42 bits per heavy atom. The summed E-state index contributed by atoms with van der Waals surface area (Å²) in [6.45, 7) is 1.37. The van der Waals surface area contributed by atoms with Crippen LogP contribution in [-0.4, -0.2) is 55.4 Å². The maximum atomic E-state index is 14.5. The highest BCUT2D eigenvalue weighted by atomic mass is 19.1. The number of nitrogens with zero attached hydrogens (tertiary/aromatic N) is 2. The molecule has 7 nitrogen and oxygen atoms in total. The van der Waals surface area contributed by atoms with Crippen molar-refractivity contribution in [2.45, 2.75) is 18.6 Å². The number of fused-ring (bicyclic) bond motifs is 1. The van der Waals surface area contributed by atoms with Crippen LogP contribution >= 0.6 is 0 Å². The number of ether oxygens (including phenoxy) is 1. The van der Waals surface area contributed by atoms with Gasteiger partial charge in [-0.05, 0) is 6.07 Å². The number of halogens is 1. The molecule has 1 aromatic carbocycles. The molecule has 2 amide bonds. The maximum absolute atomic E-state index is 14.5. The van der Waals surface area contributed by atoms with E-state index in [4.69, 9.17) is 14.4 Å². The molecule has 24 heavy (non-hydrogen) atoms. The molecule has 2 heterocycles. The zero-order valence-electron chi connectivity index (χ0n) is 13.7. The number of likely N-dealkylation sites (N-methyl/N-ethyl adjacent to an activating group) is 1. The first kappa shape index (κ1) is 16.8. The van der Waals surface area contributed by atoms with E-state index in [2.05, 4.69) is 0 Å². The molecule has 2 aliphatic heterocycles. The predicted octanol–water partition coefficient (Wildman–Crippen LogP) is 0.849. The topological polar surface area (TPSA) is 68.3 Å². The van der Waals surface area contributed by atoms with Gasteiger partial charge in [0, 0.05) is 19.5 Å². The summed E-state index contributed by atoms with van der Waals surface area (Å²) in [4.78, 5) is 35.0. The van der Waals surface area contributed by atoms with E-state index in [0.717, 1.165) is 10.1 Å². The van der Waals surface area contributed by atoms with Crippen LogP contribution in [0.25, 0.3) is 0 Å². The number of benzene rings is 1. The van der Waals surface area contributed by atoms with Gasteiger partial charge >= 0.3 is 0 Å². The number of hydrogen-bond donors (Lipinski definition) is 0. The third-order valence-electron chi connectivity index (χ3n) is 4.66. The van der Waals surface area contributed by atoms with Gasteiger partial charge < -0.3 is 4.74 Å². The van der Waals surface area contributed by atoms with Crippen molar-refractivity contribution in [2.75, 3.05) is 27.4 Å². The lowest BCUT2D eigenvalue weighted by Crippen LogP contribution is -2.49. The summed E-state index contributed by atoms with van der Waals surface area (Å²) in [5, 5.41) is 2.19. The van der Waals surface area contributed by atoms with E-state index in [1.165, 1.54) is 27.1 Å². The van der Waals surface area contributed by atoms with Crippen molar-refractivity contribution in [3.63, 3.8) is 0 Å². The van der Waals surface area contributed by atoms with Crippen molar-refractivity contribution < 1.29 is 28.4 Å². The molecule has 2 saturated heterocycles. The molecular formula is C16H19FN2O5. The first-order valence-electron chi connectivity index (χ1n) is 7.55. The summed E-state index contributed by atoms with van der Waals surface area (Å²) in [5.41, 5.74) is -0.899. The summed E-state index contributed by atoms with van der Waals surface area (Å²) in [6, 6.07) is 6.14. The van der Waals surface area contributed by atoms with E-state index >= 15 is 0 Å². The van der Waals surface area contributed by atoms with Crippen LogP contribution in [0.2, 0.25) is 0 Å². The van der Waals surface area contributed by atoms with Gasteiger partial charge in [-0.2, -0.15) is 0 Å². The lowest BCUT2D eigenvalue weighted by atomic mass is 9.78. The van der Waals surface area contributed by atoms with Gasteiger partial charge in [0.05, 0.1) is 26.2 Å². The van der Waals surface area contributed by atoms with E-state index in [-0.39, 0.29) is 24.7 Å². The van der Waals surface area contributed by atoms with Crippen LogP contribution in [0, 0.1) is 11.7 Å². The normalized spacial score (nSPS) is 28.8. The van der Waals surface area contributed by atoms with Crippen LogP contribution in [-0.2, 0) is 29.5 Å². The Morgan fingerprint density at radius 3 is 2.75 bits per heavy atom. The number of carbonyl (C=O) groups is 2. The van der Waals surface area contributed by atoms with Crippen molar-refractivity contribution in [1.29, 1.82) is 0 Å². The summed E-state index contributed by atoms with van der Waals surface area (Å²) in [5.74, 6) is -1.80. The van der Waals surface area contributed by atoms with E-state index in [1.54, 1.807) is 18.2 Å². The van der Waals surface area contributed by atoms with Crippen molar-refractivity contribution in [2.24, 2.45) is 5.92 Å². The zero-order valence-corrected chi connectivity index (χ0v) is 13.7. The summed E-state index contributed by atoms with van der Waals surface area (Å²) >= 11 is 0. The molecule has 0 bridgehead atoms. The molecule has 0 spiro atoms. The standard InChI is InChI=1S/C16H19FN2O5/c1-10(20)19-16(11-6-4-5-7-13(11)17)9-23-14(12(16)8-24-19)15(21)18(2)22-3/h4-7,12,14H,8-9H2,1-3H3. The van der Waals surface area contributed by atoms with E-state index in [1.807, 2.05) is 0 Å². The lowest BCUT2D eigenvalue weighted by molar-refractivity contribution is -0.196. The monoisotopic (exact) mass is 338 g/mol. The van der Waals surface area contributed by atoms with Crippen molar-refractivity contribution >= 4 is 11.8 Å². The second-order valence-electron chi connectivity index (χ2n) is 5.87. The molecule has 130 valence electrons. The maximum Gasteiger partial charge on any atom is 0.275 e. The number of hydroxylamine groups is 4. The van der Waals surface area contributed by atoms with Gasteiger partial charge in [-0.3, -0.25) is 19.3 Å². The van der Waals surface area contributed by atoms with Crippen LogP contribution < -0.4 is 0 Å². The number of rotatable bonds is 3. The highest BCUT2D eigenvalue weighted by Gasteiger charge is 2.63. The molecule has 0 saturated carbocycles. The Hall–Kier alpha value is -2.03. The molecule has 3 atom stereocenters. The van der Waals surface area contributed by atoms with Gasteiger partial charge in [0.25, 0.3) is 5.91 Å². The molecule has 2 fully saturated rings. The highest BCUT2D eigenvalue weighted by molar-refractivity contribution is 5.81. The van der Waals surface area contributed by atoms with Crippen molar-refractivity contribution in [3.8, 4) is 0 Å². The molecule has 1 aromatic rings. The fourth-order valence-electron chi connectivity index (χ4n) is 3.48. The zero-order chi connectivity index (χ0) is 17.5. The first-order chi connectivity index (χ1) is 11.4. The van der Waals surface area contributed by atoms with E-state index in [0.29, 0.717) is 0 Å². The van der Waals surface area contributed by atoms with Gasteiger partial charge in [-0.15, -0.1) is 0 Å². The Bertz CT molecular complexity index is 670.